The first kappa shape index (κ1) is 45.1. The smallest absolute Gasteiger partial charge is 0.415 e. The number of imidazole rings is 1. The number of rotatable bonds is 12. The van der Waals surface area contributed by atoms with Gasteiger partial charge in [-0.2, -0.15) is 0 Å². The largest absolute Gasteiger partial charge is 0.453 e. The fraction of sp³-hybridized carbons (Fsp3) is 0.432. The Morgan fingerprint density at radius 2 is 1.63 bits per heavy atom. The van der Waals surface area contributed by atoms with Crippen molar-refractivity contribution in [1.29, 1.82) is 0 Å². The summed E-state index contributed by atoms with van der Waals surface area (Å²) in [5.74, 6) is -4.01. The van der Waals surface area contributed by atoms with Crippen LogP contribution in [0.4, 0.5) is 28.4 Å². The number of aromatic nitrogens is 2. The molecule has 3 aromatic carbocycles. The number of hydrogen-bond acceptors (Lipinski definition) is 10. The molecule has 62 heavy (non-hydrogen) atoms. The van der Waals surface area contributed by atoms with Crippen LogP contribution in [0, 0.1) is 33.6 Å². The van der Waals surface area contributed by atoms with Gasteiger partial charge < -0.3 is 33.5 Å². The molecule has 3 heterocycles. The minimum absolute atomic E-state index is 0.0582. The van der Waals surface area contributed by atoms with Crippen LogP contribution < -0.4 is 4.74 Å². The number of carbonyl (C=O) groups excluding carboxylic acids is 4. The van der Waals surface area contributed by atoms with E-state index in [0.29, 0.717) is 0 Å². The van der Waals surface area contributed by atoms with Gasteiger partial charge in [-0.3, -0.25) is 19.7 Å². The van der Waals surface area contributed by atoms with Crippen molar-refractivity contribution in [3.63, 3.8) is 0 Å². The van der Waals surface area contributed by atoms with Crippen molar-refractivity contribution < 1.29 is 51.5 Å². The lowest BCUT2D eigenvalue weighted by molar-refractivity contribution is -0.384. The van der Waals surface area contributed by atoms with Gasteiger partial charge in [0, 0.05) is 69.5 Å². The third-order valence-electron chi connectivity index (χ3n) is 10.7. The Morgan fingerprint density at radius 1 is 0.952 bits per heavy atom. The van der Waals surface area contributed by atoms with Crippen molar-refractivity contribution >= 4 is 29.8 Å². The molecule has 0 saturated carbocycles. The van der Waals surface area contributed by atoms with Crippen LogP contribution in [-0.4, -0.2) is 104 Å². The molecule has 0 spiro atoms. The standard InChI is InChI=1S/C44H49F3N6O9/c1-27(60-28(2)54)41(55)52(24-31-23-51(25-37(31)47)43(57)62-44(3,4)5)39(30-17-19-49(20-18-30)42(56)61-34-14-12-33(13-15-34)53(58)59)40-48-38(35-21-32(45)11-16-36(35)46)26-50(40)22-29-9-7-6-8-10-29/h6-16,21,26-27,30-31,37,39H,17-20,22-25H2,1-5H3/t27-,31+,37+,39?/m1/s1. The Bertz CT molecular complexity index is 2260. The van der Waals surface area contributed by atoms with Crippen molar-refractivity contribution in [1.82, 2.24) is 24.3 Å². The van der Waals surface area contributed by atoms with E-state index in [-0.39, 0.29) is 80.6 Å². The van der Waals surface area contributed by atoms with Crippen molar-refractivity contribution in [2.24, 2.45) is 11.8 Å². The highest BCUT2D eigenvalue weighted by Gasteiger charge is 2.45. The average molecular weight is 863 g/mol. The minimum Gasteiger partial charge on any atom is -0.453 e. The minimum atomic E-state index is -1.60. The molecule has 15 nitrogen and oxygen atoms in total. The molecular weight excluding hydrogens is 814 g/mol. The Balaban J connectivity index is 1.42. The Morgan fingerprint density at radius 3 is 2.26 bits per heavy atom. The summed E-state index contributed by atoms with van der Waals surface area (Å²) in [6.45, 7) is 7.31. The van der Waals surface area contributed by atoms with E-state index in [1.54, 1.807) is 31.5 Å². The number of esters is 1. The zero-order valence-corrected chi connectivity index (χ0v) is 35.0. The number of amides is 3. The predicted octanol–water partition coefficient (Wildman–Crippen LogP) is 7.72. The molecule has 1 unspecified atom stereocenters. The van der Waals surface area contributed by atoms with Gasteiger partial charge in [0.15, 0.2) is 6.10 Å². The van der Waals surface area contributed by atoms with E-state index < -0.39 is 76.4 Å². The summed E-state index contributed by atoms with van der Waals surface area (Å²) in [4.78, 5) is 73.0. The lowest BCUT2D eigenvalue weighted by Crippen LogP contribution is -2.50. The molecule has 2 fully saturated rings. The third kappa shape index (κ3) is 11.1. The number of nitro benzene ring substituents is 1. The molecule has 2 aliphatic rings. The van der Waals surface area contributed by atoms with Gasteiger partial charge in [0.05, 0.1) is 23.2 Å². The number of carbonyl (C=O) groups is 4. The van der Waals surface area contributed by atoms with Gasteiger partial charge in [-0.05, 0) is 82.3 Å². The highest BCUT2D eigenvalue weighted by Crippen LogP contribution is 2.40. The van der Waals surface area contributed by atoms with Crippen LogP contribution in [0.1, 0.15) is 64.9 Å². The first-order chi connectivity index (χ1) is 29.4. The summed E-state index contributed by atoms with van der Waals surface area (Å²) in [5, 5.41) is 11.1. The first-order valence-corrected chi connectivity index (χ1v) is 20.2. The van der Waals surface area contributed by atoms with Crippen LogP contribution in [-0.2, 0) is 25.6 Å². The fourth-order valence-corrected chi connectivity index (χ4v) is 7.81. The monoisotopic (exact) mass is 862 g/mol. The van der Waals surface area contributed by atoms with Crippen LogP contribution >= 0.6 is 0 Å². The van der Waals surface area contributed by atoms with Gasteiger partial charge in [-0.15, -0.1) is 0 Å². The van der Waals surface area contributed by atoms with Gasteiger partial charge in [-0.25, -0.2) is 27.7 Å². The fourth-order valence-electron chi connectivity index (χ4n) is 7.81. The van der Waals surface area contributed by atoms with E-state index in [1.807, 2.05) is 30.3 Å². The van der Waals surface area contributed by atoms with Crippen LogP contribution in [0.15, 0.2) is 79.0 Å². The molecule has 4 atom stereocenters. The van der Waals surface area contributed by atoms with E-state index in [4.69, 9.17) is 19.2 Å². The van der Waals surface area contributed by atoms with E-state index >= 15 is 8.78 Å². The number of non-ortho nitro benzene ring substituents is 1. The summed E-state index contributed by atoms with van der Waals surface area (Å²) in [7, 11) is 0. The molecular formula is C44H49F3N6O9. The van der Waals surface area contributed by atoms with Crippen molar-refractivity contribution in [3.05, 3.63) is 112 Å². The molecule has 2 saturated heterocycles. The van der Waals surface area contributed by atoms with Crippen LogP contribution in [0.5, 0.6) is 5.75 Å². The van der Waals surface area contributed by atoms with Crippen molar-refractivity contribution in [2.75, 3.05) is 32.7 Å². The van der Waals surface area contributed by atoms with Crippen LogP contribution in [0.25, 0.3) is 11.3 Å². The second-order valence-electron chi connectivity index (χ2n) is 16.5. The maximum atomic E-state index is 16.2. The molecule has 1 aromatic heterocycles. The number of nitro groups is 1. The number of nitrogens with zero attached hydrogens (tertiary/aromatic N) is 6. The maximum absolute atomic E-state index is 16.2. The lowest BCUT2D eigenvalue weighted by atomic mass is 9.86. The van der Waals surface area contributed by atoms with E-state index in [1.165, 1.54) is 45.9 Å². The zero-order chi connectivity index (χ0) is 44.9. The number of piperidine rings is 1. The molecule has 330 valence electrons. The molecule has 2 aliphatic heterocycles. The lowest BCUT2D eigenvalue weighted by Gasteiger charge is -2.42. The summed E-state index contributed by atoms with van der Waals surface area (Å²) in [6.07, 6.45) is -2.36. The Labute approximate surface area is 356 Å². The molecule has 3 amide bonds. The molecule has 18 heteroatoms. The number of hydrogen-bond donors (Lipinski definition) is 0. The molecule has 4 aromatic rings. The van der Waals surface area contributed by atoms with Gasteiger partial charge >= 0.3 is 18.2 Å². The number of likely N-dealkylation sites (tertiary alicyclic amines) is 2. The van der Waals surface area contributed by atoms with Crippen LogP contribution in [0.2, 0.25) is 0 Å². The number of halogens is 3. The second kappa shape index (κ2) is 19.1. The first-order valence-electron chi connectivity index (χ1n) is 20.2. The van der Waals surface area contributed by atoms with Gasteiger partial charge in [0.1, 0.15) is 35.0 Å². The van der Waals surface area contributed by atoms with Gasteiger partial charge in [0.2, 0.25) is 0 Å². The maximum Gasteiger partial charge on any atom is 0.415 e. The van der Waals surface area contributed by atoms with Crippen LogP contribution in [0.3, 0.4) is 0 Å². The van der Waals surface area contributed by atoms with E-state index in [0.717, 1.165) is 30.7 Å². The molecule has 0 aliphatic carbocycles. The number of alkyl halides is 1. The van der Waals surface area contributed by atoms with E-state index in [9.17, 15) is 33.7 Å². The quantitative estimate of drug-likeness (QED) is 0.0782. The normalized spacial score (nSPS) is 17.9. The summed E-state index contributed by atoms with van der Waals surface area (Å²) in [5.41, 5.74) is -0.311. The zero-order valence-electron chi connectivity index (χ0n) is 35.0. The van der Waals surface area contributed by atoms with Gasteiger partial charge in [0.25, 0.3) is 11.6 Å². The highest BCUT2D eigenvalue weighted by atomic mass is 19.1. The predicted molar refractivity (Wildman–Crippen MR) is 218 cm³/mol. The van der Waals surface area contributed by atoms with Gasteiger partial charge in [-0.1, -0.05) is 30.3 Å². The summed E-state index contributed by atoms with van der Waals surface area (Å²) in [6, 6.07) is 16.2. The molecule has 0 radical (unpaired) electrons. The van der Waals surface area contributed by atoms with E-state index in [2.05, 4.69) is 0 Å². The average Bonchev–Trinajstić information content (AvgIpc) is 3.80. The molecule has 0 bridgehead atoms. The summed E-state index contributed by atoms with van der Waals surface area (Å²) >= 11 is 0. The highest BCUT2D eigenvalue weighted by molar-refractivity contribution is 5.83. The second-order valence-corrected chi connectivity index (χ2v) is 16.5. The molecule has 0 N–H and O–H groups in total. The number of benzene rings is 3. The topological polar surface area (TPSA) is 167 Å². The molecule has 6 rings (SSSR count). The van der Waals surface area contributed by atoms with Crippen molar-refractivity contribution in [2.45, 2.75) is 77.9 Å². The number of ether oxygens (including phenoxy) is 3. The Kier molecular flexibility index (Phi) is 13.9. The summed E-state index contributed by atoms with van der Waals surface area (Å²) < 4.78 is 64.4. The third-order valence-corrected chi connectivity index (χ3v) is 10.7. The Hall–Kier alpha value is -6.46. The SMILES string of the molecule is CC(=O)O[C@H](C)C(=O)N(C[C@@H]1CN(C(=O)OC(C)(C)C)C[C@@H]1F)C(c1nc(-c2cc(F)ccc2F)cn1Cc1ccccc1)C1CCN(C(=O)Oc2ccc([N+](=O)[O-])cc2)CC1. The van der Waals surface area contributed by atoms with Crippen molar-refractivity contribution in [3.8, 4) is 17.0 Å².